The summed E-state index contributed by atoms with van der Waals surface area (Å²) < 4.78 is 0. The minimum atomic E-state index is 0.0945. The van der Waals surface area contributed by atoms with E-state index in [0.29, 0.717) is 6.04 Å². The SMILES string of the molecule is C[C@H]1C[C@@H](C(=O)Nc2cccc(-c3ccn[nH]3)c2)CCN1. The first-order valence-corrected chi connectivity index (χ1v) is 7.36. The number of nitrogens with one attached hydrogen (secondary N) is 3. The average Bonchev–Trinajstić information content (AvgIpc) is 3.02. The Kier molecular flexibility index (Phi) is 4.01. The summed E-state index contributed by atoms with van der Waals surface area (Å²) in [6.07, 6.45) is 3.51. The predicted octanol–water partition coefficient (Wildman–Crippen LogP) is 2.40. The second-order valence-electron chi connectivity index (χ2n) is 5.62. The van der Waals surface area contributed by atoms with Crippen molar-refractivity contribution in [1.29, 1.82) is 0 Å². The number of H-pyrrole nitrogens is 1. The molecule has 0 bridgehead atoms. The average molecular weight is 284 g/mol. The highest BCUT2D eigenvalue weighted by atomic mass is 16.1. The summed E-state index contributed by atoms with van der Waals surface area (Å²) >= 11 is 0. The predicted molar refractivity (Wildman–Crippen MR) is 82.8 cm³/mol. The van der Waals surface area contributed by atoms with Crippen molar-refractivity contribution in [2.24, 2.45) is 5.92 Å². The van der Waals surface area contributed by atoms with Crippen molar-refractivity contribution in [2.75, 3.05) is 11.9 Å². The van der Waals surface area contributed by atoms with Crippen LogP contribution in [0.1, 0.15) is 19.8 Å². The highest BCUT2D eigenvalue weighted by Gasteiger charge is 2.24. The summed E-state index contributed by atoms with van der Waals surface area (Å²) in [5.41, 5.74) is 2.80. The van der Waals surface area contributed by atoms with E-state index in [1.165, 1.54) is 0 Å². The highest BCUT2D eigenvalue weighted by Crippen LogP contribution is 2.22. The van der Waals surface area contributed by atoms with Gasteiger partial charge in [0.15, 0.2) is 0 Å². The molecule has 0 saturated carbocycles. The molecule has 5 nitrogen and oxygen atoms in total. The number of anilines is 1. The number of aromatic amines is 1. The zero-order valence-electron chi connectivity index (χ0n) is 12.1. The van der Waals surface area contributed by atoms with Gasteiger partial charge in [0.25, 0.3) is 0 Å². The Morgan fingerprint density at radius 1 is 1.38 bits per heavy atom. The standard InChI is InChI=1S/C16H20N4O/c1-11-9-13(5-7-17-11)16(21)19-14-4-2-3-12(10-14)15-6-8-18-20-15/h2-4,6,8,10-11,13,17H,5,7,9H2,1H3,(H,18,20)(H,19,21)/t11-,13-/m0/s1. The fourth-order valence-corrected chi connectivity index (χ4v) is 2.80. The molecule has 0 aliphatic carbocycles. The van der Waals surface area contributed by atoms with Gasteiger partial charge in [0.1, 0.15) is 0 Å². The molecule has 2 heterocycles. The molecule has 1 saturated heterocycles. The van der Waals surface area contributed by atoms with Crippen LogP contribution in [-0.4, -0.2) is 28.7 Å². The first kappa shape index (κ1) is 13.8. The molecular formula is C16H20N4O. The lowest BCUT2D eigenvalue weighted by Crippen LogP contribution is -2.40. The molecule has 1 aliphatic heterocycles. The van der Waals surface area contributed by atoms with E-state index in [2.05, 4.69) is 27.8 Å². The molecule has 2 atom stereocenters. The number of carbonyl (C=O) groups is 1. The Hall–Kier alpha value is -2.14. The second-order valence-corrected chi connectivity index (χ2v) is 5.62. The van der Waals surface area contributed by atoms with Crippen molar-refractivity contribution >= 4 is 11.6 Å². The van der Waals surface area contributed by atoms with Crippen LogP contribution in [0.5, 0.6) is 0 Å². The molecule has 3 rings (SSSR count). The molecule has 1 aliphatic rings. The van der Waals surface area contributed by atoms with Crippen LogP contribution in [0.3, 0.4) is 0 Å². The van der Waals surface area contributed by atoms with Crippen molar-refractivity contribution in [3.8, 4) is 11.3 Å². The van der Waals surface area contributed by atoms with E-state index in [0.717, 1.165) is 36.3 Å². The van der Waals surface area contributed by atoms with Gasteiger partial charge in [-0.2, -0.15) is 5.10 Å². The number of aromatic nitrogens is 2. The van der Waals surface area contributed by atoms with Gasteiger partial charge >= 0.3 is 0 Å². The number of carbonyl (C=O) groups excluding carboxylic acids is 1. The van der Waals surface area contributed by atoms with E-state index in [4.69, 9.17) is 0 Å². The van der Waals surface area contributed by atoms with Gasteiger partial charge in [0, 0.05) is 29.4 Å². The summed E-state index contributed by atoms with van der Waals surface area (Å²) in [6.45, 7) is 3.03. The molecule has 110 valence electrons. The molecule has 2 aromatic rings. The number of benzene rings is 1. The lowest BCUT2D eigenvalue weighted by molar-refractivity contribution is -0.120. The van der Waals surface area contributed by atoms with Crippen LogP contribution in [0.15, 0.2) is 36.5 Å². The third-order valence-corrected chi connectivity index (χ3v) is 3.94. The van der Waals surface area contributed by atoms with Gasteiger partial charge in [-0.15, -0.1) is 0 Å². The summed E-state index contributed by atoms with van der Waals surface area (Å²) in [7, 11) is 0. The molecule has 1 amide bonds. The molecule has 0 radical (unpaired) electrons. The van der Waals surface area contributed by atoms with E-state index >= 15 is 0 Å². The molecule has 21 heavy (non-hydrogen) atoms. The fraction of sp³-hybridized carbons (Fsp3) is 0.375. The summed E-state index contributed by atoms with van der Waals surface area (Å²) in [5, 5.41) is 13.3. The van der Waals surface area contributed by atoms with Crippen molar-refractivity contribution in [3.63, 3.8) is 0 Å². The van der Waals surface area contributed by atoms with Crippen LogP contribution >= 0.6 is 0 Å². The maximum Gasteiger partial charge on any atom is 0.227 e. The zero-order chi connectivity index (χ0) is 14.7. The topological polar surface area (TPSA) is 69.8 Å². The Morgan fingerprint density at radius 2 is 2.29 bits per heavy atom. The van der Waals surface area contributed by atoms with E-state index in [1.807, 2.05) is 30.3 Å². The molecule has 1 aromatic carbocycles. The largest absolute Gasteiger partial charge is 0.326 e. The van der Waals surface area contributed by atoms with Crippen molar-refractivity contribution in [2.45, 2.75) is 25.8 Å². The lowest BCUT2D eigenvalue weighted by Gasteiger charge is -2.27. The molecule has 1 aromatic heterocycles. The molecule has 0 unspecified atom stereocenters. The minimum absolute atomic E-state index is 0.0945. The smallest absolute Gasteiger partial charge is 0.227 e. The second kappa shape index (κ2) is 6.10. The molecular weight excluding hydrogens is 264 g/mol. The normalized spacial score (nSPS) is 22.0. The maximum atomic E-state index is 12.4. The maximum absolute atomic E-state index is 12.4. The van der Waals surface area contributed by atoms with Crippen molar-refractivity contribution in [3.05, 3.63) is 36.5 Å². The van der Waals surface area contributed by atoms with Crippen molar-refractivity contribution < 1.29 is 4.79 Å². The number of hydrogen-bond acceptors (Lipinski definition) is 3. The van der Waals surface area contributed by atoms with E-state index in [-0.39, 0.29) is 11.8 Å². The number of piperidine rings is 1. The first-order chi connectivity index (χ1) is 10.2. The van der Waals surface area contributed by atoms with Crippen LogP contribution in [0.25, 0.3) is 11.3 Å². The Labute approximate surface area is 124 Å². The van der Waals surface area contributed by atoms with Gasteiger partial charge in [0.2, 0.25) is 5.91 Å². The van der Waals surface area contributed by atoms with Gasteiger partial charge in [-0.25, -0.2) is 0 Å². The van der Waals surface area contributed by atoms with E-state index < -0.39 is 0 Å². The van der Waals surface area contributed by atoms with Gasteiger partial charge < -0.3 is 10.6 Å². The summed E-state index contributed by atoms with van der Waals surface area (Å²) in [6, 6.07) is 10.1. The van der Waals surface area contributed by atoms with Crippen LogP contribution in [-0.2, 0) is 4.79 Å². The fourth-order valence-electron chi connectivity index (χ4n) is 2.80. The van der Waals surface area contributed by atoms with Crippen LogP contribution < -0.4 is 10.6 Å². The molecule has 5 heteroatoms. The molecule has 3 N–H and O–H groups in total. The van der Waals surface area contributed by atoms with Crippen molar-refractivity contribution in [1.82, 2.24) is 15.5 Å². The van der Waals surface area contributed by atoms with E-state index in [9.17, 15) is 4.79 Å². The zero-order valence-corrected chi connectivity index (χ0v) is 12.1. The quantitative estimate of drug-likeness (QED) is 0.810. The molecule has 0 spiro atoms. The third kappa shape index (κ3) is 3.31. The van der Waals surface area contributed by atoms with Gasteiger partial charge in [-0.3, -0.25) is 9.89 Å². The third-order valence-electron chi connectivity index (χ3n) is 3.94. The Bertz CT molecular complexity index is 608. The van der Waals surface area contributed by atoms with Gasteiger partial charge in [0.05, 0.1) is 5.69 Å². The number of nitrogens with zero attached hydrogens (tertiary/aromatic N) is 1. The number of rotatable bonds is 3. The molecule has 1 fully saturated rings. The number of amides is 1. The Balaban J connectivity index is 1.70. The van der Waals surface area contributed by atoms with Crippen LogP contribution in [0, 0.1) is 5.92 Å². The van der Waals surface area contributed by atoms with Gasteiger partial charge in [-0.05, 0) is 44.5 Å². The van der Waals surface area contributed by atoms with E-state index in [1.54, 1.807) is 6.20 Å². The van der Waals surface area contributed by atoms with Gasteiger partial charge in [-0.1, -0.05) is 12.1 Å². The summed E-state index contributed by atoms with van der Waals surface area (Å²) in [5.74, 6) is 0.210. The Morgan fingerprint density at radius 3 is 3.05 bits per heavy atom. The lowest BCUT2D eigenvalue weighted by atomic mass is 9.92. The van der Waals surface area contributed by atoms with Crippen LogP contribution in [0.2, 0.25) is 0 Å². The summed E-state index contributed by atoms with van der Waals surface area (Å²) in [4.78, 5) is 12.4. The highest BCUT2D eigenvalue weighted by molar-refractivity contribution is 5.93. The monoisotopic (exact) mass is 284 g/mol. The minimum Gasteiger partial charge on any atom is -0.326 e. The van der Waals surface area contributed by atoms with Crippen LogP contribution in [0.4, 0.5) is 5.69 Å². The first-order valence-electron chi connectivity index (χ1n) is 7.36. The number of hydrogen-bond donors (Lipinski definition) is 3.